The van der Waals surface area contributed by atoms with E-state index in [1.165, 1.54) is 12.1 Å². The van der Waals surface area contributed by atoms with Gasteiger partial charge < -0.3 is 5.32 Å². The molecule has 0 aromatic heterocycles. The summed E-state index contributed by atoms with van der Waals surface area (Å²) in [5.41, 5.74) is 0.639. The van der Waals surface area contributed by atoms with E-state index in [1.54, 1.807) is 6.07 Å². The van der Waals surface area contributed by atoms with Crippen LogP contribution >= 0.6 is 11.6 Å². The van der Waals surface area contributed by atoms with Crippen molar-refractivity contribution in [3.05, 3.63) is 34.6 Å². The number of hydrogen-bond donors (Lipinski definition) is 1. The van der Waals surface area contributed by atoms with Crippen LogP contribution in [0, 0.1) is 5.82 Å². The van der Waals surface area contributed by atoms with Crippen LogP contribution in [0.1, 0.15) is 24.9 Å². The average molecular weight is 292 g/mol. The summed E-state index contributed by atoms with van der Waals surface area (Å²) in [4.78, 5) is 0. The van der Waals surface area contributed by atoms with Crippen LogP contribution in [0.5, 0.6) is 0 Å². The third-order valence-corrected chi connectivity index (χ3v) is 5.22. The predicted octanol–water partition coefficient (Wildman–Crippen LogP) is 2.32. The van der Waals surface area contributed by atoms with Gasteiger partial charge in [-0.15, -0.1) is 0 Å². The van der Waals surface area contributed by atoms with Crippen molar-refractivity contribution in [2.75, 3.05) is 11.5 Å². The molecule has 2 unspecified atom stereocenters. The van der Waals surface area contributed by atoms with Crippen LogP contribution in [0.25, 0.3) is 0 Å². The summed E-state index contributed by atoms with van der Waals surface area (Å²) in [7, 11) is -3.08. The highest BCUT2D eigenvalue weighted by Gasteiger charge is 2.32. The molecule has 0 radical (unpaired) electrons. The lowest BCUT2D eigenvalue weighted by Gasteiger charge is -2.31. The quantitative estimate of drug-likeness (QED) is 0.909. The lowest BCUT2D eigenvalue weighted by Crippen LogP contribution is -2.46. The summed E-state index contributed by atoms with van der Waals surface area (Å²) in [5, 5.41) is 3.51. The predicted molar refractivity (Wildman–Crippen MR) is 70.0 cm³/mol. The van der Waals surface area contributed by atoms with E-state index in [-0.39, 0.29) is 28.6 Å². The molecule has 2 atom stereocenters. The molecule has 18 heavy (non-hydrogen) atoms. The molecule has 3 nitrogen and oxygen atoms in total. The Balaban J connectivity index is 2.32. The van der Waals surface area contributed by atoms with Gasteiger partial charge in [-0.2, -0.15) is 0 Å². The lowest BCUT2D eigenvalue weighted by molar-refractivity contribution is 0.440. The first-order chi connectivity index (χ1) is 8.41. The molecule has 100 valence electrons. The Morgan fingerprint density at radius 3 is 2.78 bits per heavy atom. The van der Waals surface area contributed by atoms with Crippen molar-refractivity contribution in [3.8, 4) is 0 Å². The number of nitrogens with one attached hydrogen (secondary N) is 1. The van der Waals surface area contributed by atoms with E-state index in [4.69, 9.17) is 11.6 Å². The highest BCUT2D eigenvalue weighted by Crippen LogP contribution is 2.28. The molecule has 1 aromatic carbocycles. The van der Waals surface area contributed by atoms with Crippen LogP contribution in [0.3, 0.4) is 0 Å². The molecule has 0 saturated carbocycles. The van der Waals surface area contributed by atoms with Crippen molar-refractivity contribution in [2.24, 2.45) is 0 Å². The second-order valence-electron chi connectivity index (χ2n) is 4.57. The van der Waals surface area contributed by atoms with Gasteiger partial charge in [0, 0.05) is 17.1 Å². The third-order valence-electron chi connectivity index (χ3n) is 3.14. The molecule has 0 bridgehead atoms. The minimum absolute atomic E-state index is 0.00878. The average Bonchev–Trinajstić information content (AvgIpc) is 2.26. The largest absolute Gasteiger partial charge is 0.305 e. The summed E-state index contributed by atoms with van der Waals surface area (Å²) in [6.45, 7) is 1.93. The van der Waals surface area contributed by atoms with E-state index in [1.807, 2.05) is 6.92 Å². The highest BCUT2D eigenvalue weighted by atomic mass is 35.5. The monoisotopic (exact) mass is 291 g/mol. The van der Waals surface area contributed by atoms with E-state index in [0.717, 1.165) is 6.42 Å². The molecule has 1 aromatic rings. The molecular weight excluding hydrogens is 277 g/mol. The number of rotatable bonds is 2. The van der Waals surface area contributed by atoms with E-state index in [9.17, 15) is 12.8 Å². The molecule has 1 aliphatic heterocycles. The van der Waals surface area contributed by atoms with E-state index < -0.39 is 15.7 Å². The topological polar surface area (TPSA) is 46.2 Å². The zero-order valence-electron chi connectivity index (χ0n) is 9.99. The molecule has 0 aliphatic carbocycles. The standard InChI is InChI=1S/C12H15ClFNO2S/c1-2-9-6-18(16,17)7-12(15-9)10-4-3-8(14)5-11(10)13/h3-5,9,12,15H,2,6-7H2,1H3. The molecule has 1 heterocycles. The number of hydrogen-bond acceptors (Lipinski definition) is 3. The maximum atomic E-state index is 13.0. The van der Waals surface area contributed by atoms with Gasteiger partial charge in [-0.1, -0.05) is 24.6 Å². The zero-order chi connectivity index (χ0) is 13.3. The zero-order valence-corrected chi connectivity index (χ0v) is 11.6. The van der Waals surface area contributed by atoms with Crippen molar-refractivity contribution in [2.45, 2.75) is 25.4 Å². The van der Waals surface area contributed by atoms with Gasteiger partial charge in [0.05, 0.1) is 11.5 Å². The Morgan fingerprint density at radius 1 is 1.44 bits per heavy atom. The third kappa shape index (κ3) is 3.02. The Hall–Kier alpha value is -0.650. The van der Waals surface area contributed by atoms with E-state index in [2.05, 4.69) is 5.32 Å². The summed E-state index contributed by atoms with van der Waals surface area (Å²) < 4.78 is 36.6. The van der Waals surface area contributed by atoms with Gasteiger partial charge in [0.1, 0.15) is 5.82 Å². The van der Waals surface area contributed by atoms with Gasteiger partial charge in [-0.05, 0) is 24.1 Å². The van der Waals surface area contributed by atoms with Gasteiger partial charge in [-0.25, -0.2) is 12.8 Å². The number of halogens is 2. The van der Waals surface area contributed by atoms with Crippen LogP contribution in [0.2, 0.25) is 5.02 Å². The van der Waals surface area contributed by atoms with Crippen molar-refractivity contribution < 1.29 is 12.8 Å². The molecule has 1 saturated heterocycles. The van der Waals surface area contributed by atoms with E-state index in [0.29, 0.717) is 5.56 Å². The Morgan fingerprint density at radius 2 is 2.17 bits per heavy atom. The smallest absolute Gasteiger partial charge is 0.153 e. The van der Waals surface area contributed by atoms with Gasteiger partial charge in [-0.3, -0.25) is 0 Å². The number of sulfone groups is 1. The second-order valence-corrected chi connectivity index (χ2v) is 7.13. The molecule has 6 heteroatoms. The van der Waals surface area contributed by atoms with Crippen molar-refractivity contribution in [1.82, 2.24) is 5.32 Å². The fourth-order valence-electron chi connectivity index (χ4n) is 2.21. The van der Waals surface area contributed by atoms with Gasteiger partial charge in [0.2, 0.25) is 0 Å². The molecular formula is C12H15ClFNO2S. The lowest BCUT2D eigenvalue weighted by atomic mass is 10.1. The van der Waals surface area contributed by atoms with Crippen molar-refractivity contribution in [3.63, 3.8) is 0 Å². The molecule has 1 fully saturated rings. The first-order valence-corrected chi connectivity index (χ1v) is 8.02. The summed E-state index contributed by atoms with van der Waals surface area (Å²) in [5.74, 6) is -0.261. The fraction of sp³-hybridized carbons (Fsp3) is 0.500. The molecule has 0 amide bonds. The second kappa shape index (κ2) is 5.15. The Bertz CT molecular complexity index is 547. The molecule has 0 spiro atoms. The first kappa shape index (κ1) is 13.8. The number of benzene rings is 1. The maximum absolute atomic E-state index is 13.0. The van der Waals surface area contributed by atoms with Gasteiger partial charge in [0.25, 0.3) is 0 Å². The van der Waals surface area contributed by atoms with Crippen molar-refractivity contribution in [1.29, 1.82) is 0 Å². The maximum Gasteiger partial charge on any atom is 0.153 e. The van der Waals surface area contributed by atoms with E-state index >= 15 is 0 Å². The van der Waals surface area contributed by atoms with Crippen LogP contribution in [0.15, 0.2) is 18.2 Å². The van der Waals surface area contributed by atoms with Crippen LogP contribution in [-0.2, 0) is 9.84 Å². The minimum Gasteiger partial charge on any atom is -0.305 e. The SMILES string of the molecule is CCC1CS(=O)(=O)CC(c2ccc(F)cc2Cl)N1. The fourth-order valence-corrected chi connectivity index (χ4v) is 4.37. The Labute approximate surface area is 111 Å². The molecule has 1 aliphatic rings. The summed E-state index contributed by atoms with van der Waals surface area (Å²) in [6.07, 6.45) is 0.731. The van der Waals surface area contributed by atoms with Crippen molar-refractivity contribution >= 4 is 21.4 Å². The normalized spacial score (nSPS) is 27.1. The van der Waals surface area contributed by atoms with Crippen LogP contribution in [-0.4, -0.2) is 26.0 Å². The molecule has 1 N–H and O–H groups in total. The van der Waals surface area contributed by atoms with Gasteiger partial charge in [0.15, 0.2) is 9.84 Å². The minimum atomic E-state index is -3.08. The first-order valence-electron chi connectivity index (χ1n) is 5.82. The summed E-state index contributed by atoms with van der Waals surface area (Å²) in [6, 6.07) is 3.62. The Kier molecular flexibility index (Phi) is 3.94. The summed E-state index contributed by atoms with van der Waals surface area (Å²) >= 11 is 5.97. The van der Waals surface area contributed by atoms with Crippen LogP contribution < -0.4 is 5.32 Å². The van der Waals surface area contributed by atoms with Gasteiger partial charge >= 0.3 is 0 Å². The molecule has 2 rings (SSSR count). The highest BCUT2D eigenvalue weighted by molar-refractivity contribution is 7.91. The van der Waals surface area contributed by atoms with Crippen LogP contribution in [0.4, 0.5) is 4.39 Å².